The third kappa shape index (κ3) is 5.90. The molecule has 41 heavy (non-hydrogen) atoms. The minimum absolute atomic E-state index is 0.0407. The summed E-state index contributed by atoms with van der Waals surface area (Å²) in [6, 6.07) is 11.6. The van der Waals surface area contributed by atoms with E-state index in [9.17, 15) is 22.4 Å². The maximum atomic E-state index is 14.7. The van der Waals surface area contributed by atoms with E-state index in [-0.39, 0.29) is 48.2 Å². The molecular formula is C28H29F4N7O2. The number of piperidine rings is 1. The fraction of sp³-hybridized carbons (Fsp3) is 0.429. The van der Waals surface area contributed by atoms with Gasteiger partial charge >= 0.3 is 6.18 Å². The largest absolute Gasteiger partial charge is 0.406 e. The van der Waals surface area contributed by atoms with Gasteiger partial charge in [0.15, 0.2) is 0 Å². The third-order valence-electron chi connectivity index (χ3n) is 7.67. The average Bonchev–Trinajstić information content (AvgIpc) is 3.47. The van der Waals surface area contributed by atoms with Crippen LogP contribution in [-0.4, -0.2) is 69.0 Å². The lowest BCUT2D eigenvalue weighted by Gasteiger charge is -2.33. The quantitative estimate of drug-likeness (QED) is 0.300. The lowest BCUT2D eigenvalue weighted by atomic mass is 10.0. The van der Waals surface area contributed by atoms with Crippen LogP contribution in [0.1, 0.15) is 30.3 Å². The fourth-order valence-corrected chi connectivity index (χ4v) is 5.50. The van der Waals surface area contributed by atoms with Crippen LogP contribution in [0.5, 0.6) is 0 Å². The van der Waals surface area contributed by atoms with Gasteiger partial charge in [-0.2, -0.15) is 18.2 Å². The number of hydrogen-bond donors (Lipinski definition) is 2. The van der Waals surface area contributed by atoms with Crippen molar-refractivity contribution in [2.45, 2.75) is 50.2 Å². The van der Waals surface area contributed by atoms with Crippen molar-refractivity contribution in [2.24, 2.45) is 5.92 Å². The summed E-state index contributed by atoms with van der Waals surface area (Å²) in [6.07, 6.45) is -2.70. The summed E-state index contributed by atoms with van der Waals surface area (Å²) in [5, 5.41) is 10.4. The minimum atomic E-state index is -4.52. The second-order valence-corrected chi connectivity index (χ2v) is 10.7. The normalized spacial score (nSPS) is 23.0. The van der Waals surface area contributed by atoms with Gasteiger partial charge in [0.25, 0.3) is 0 Å². The average molecular weight is 572 g/mol. The van der Waals surface area contributed by atoms with Gasteiger partial charge in [-0.15, -0.1) is 0 Å². The van der Waals surface area contributed by atoms with Crippen LogP contribution in [0.3, 0.4) is 0 Å². The van der Waals surface area contributed by atoms with Gasteiger partial charge in [-0.05, 0) is 50.2 Å². The van der Waals surface area contributed by atoms with Gasteiger partial charge in [0, 0.05) is 47.9 Å². The number of rotatable bonds is 8. The highest BCUT2D eigenvalue weighted by molar-refractivity contribution is 5.96. The zero-order valence-corrected chi connectivity index (χ0v) is 22.2. The molecule has 0 radical (unpaired) electrons. The smallest absolute Gasteiger partial charge is 0.379 e. The Bertz CT molecular complexity index is 1540. The number of halogens is 4. The molecule has 216 valence electrons. The highest BCUT2D eigenvalue weighted by atomic mass is 19.4. The Balaban J connectivity index is 1.22. The molecule has 1 aromatic carbocycles. The van der Waals surface area contributed by atoms with Gasteiger partial charge < -0.3 is 24.6 Å². The molecule has 0 spiro atoms. The first-order valence-electron chi connectivity index (χ1n) is 13.5. The van der Waals surface area contributed by atoms with Gasteiger partial charge in [0.2, 0.25) is 17.6 Å². The Labute approximate surface area is 232 Å². The Hall–Kier alpha value is -4.00. The first-order chi connectivity index (χ1) is 19.7. The van der Waals surface area contributed by atoms with Crippen molar-refractivity contribution in [3.05, 3.63) is 60.2 Å². The van der Waals surface area contributed by atoms with E-state index >= 15 is 0 Å². The highest BCUT2D eigenvalue weighted by Crippen LogP contribution is 2.46. The number of carbonyl (C=O) groups is 1. The maximum absolute atomic E-state index is 14.7. The van der Waals surface area contributed by atoms with Crippen molar-refractivity contribution < 1.29 is 26.9 Å². The molecule has 4 heterocycles. The maximum Gasteiger partial charge on any atom is 0.406 e. The van der Waals surface area contributed by atoms with Gasteiger partial charge in [-0.3, -0.25) is 9.78 Å². The van der Waals surface area contributed by atoms with Gasteiger partial charge in [-0.25, -0.2) is 4.39 Å². The number of aromatic nitrogens is 4. The van der Waals surface area contributed by atoms with Gasteiger partial charge in [0.05, 0.1) is 23.8 Å². The molecule has 1 aliphatic carbocycles. The van der Waals surface area contributed by atoms with E-state index in [0.717, 1.165) is 10.3 Å². The lowest BCUT2D eigenvalue weighted by molar-refractivity contribution is -0.139. The number of pyridine rings is 1. The molecular weight excluding hydrogens is 542 g/mol. The van der Waals surface area contributed by atoms with Crippen molar-refractivity contribution in [1.82, 2.24) is 29.9 Å². The molecule has 2 aliphatic rings. The van der Waals surface area contributed by atoms with Crippen molar-refractivity contribution in [2.75, 3.05) is 25.5 Å². The summed E-state index contributed by atoms with van der Waals surface area (Å²) in [6.45, 7) is -0.341. The number of fused-ring (bicyclic) bond motifs is 1. The molecule has 6 rings (SSSR count). The molecule has 0 bridgehead atoms. The topological polar surface area (TPSA) is 101 Å². The Kier molecular flexibility index (Phi) is 7.14. The molecule has 13 heteroatoms. The Morgan fingerprint density at radius 2 is 2.05 bits per heavy atom. The summed E-state index contributed by atoms with van der Waals surface area (Å²) in [7, 11) is 1.85. The van der Waals surface area contributed by atoms with E-state index in [2.05, 4.69) is 25.8 Å². The second-order valence-electron chi connectivity index (χ2n) is 10.7. The van der Waals surface area contributed by atoms with Crippen LogP contribution < -0.4 is 10.6 Å². The molecule has 2 fully saturated rings. The van der Waals surface area contributed by atoms with Crippen molar-refractivity contribution in [3.8, 4) is 11.5 Å². The van der Waals surface area contributed by atoms with E-state index in [4.69, 9.17) is 4.52 Å². The first kappa shape index (κ1) is 27.2. The third-order valence-corrected chi connectivity index (χ3v) is 7.67. The number of benzene rings is 1. The van der Waals surface area contributed by atoms with E-state index in [1.807, 2.05) is 30.1 Å². The fourth-order valence-electron chi connectivity index (χ4n) is 5.50. The van der Waals surface area contributed by atoms with E-state index in [1.54, 1.807) is 30.5 Å². The monoisotopic (exact) mass is 571 g/mol. The van der Waals surface area contributed by atoms with E-state index < -0.39 is 24.9 Å². The van der Waals surface area contributed by atoms with Crippen molar-refractivity contribution in [3.63, 3.8) is 0 Å². The van der Waals surface area contributed by atoms with Crippen LogP contribution in [0.15, 0.2) is 53.2 Å². The van der Waals surface area contributed by atoms with Crippen LogP contribution in [0.4, 0.5) is 23.2 Å². The number of nitrogens with zero attached hydrogens (tertiary/aromatic N) is 5. The molecule has 1 amide bonds. The summed E-state index contributed by atoms with van der Waals surface area (Å²) < 4.78 is 62.0. The molecule has 1 saturated carbocycles. The summed E-state index contributed by atoms with van der Waals surface area (Å²) in [5.41, 5.74) is 1.80. The van der Waals surface area contributed by atoms with Gasteiger partial charge in [0.1, 0.15) is 12.7 Å². The van der Waals surface area contributed by atoms with E-state index in [0.29, 0.717) is 36.0 Å². The molecule has 1 aliphatic heterocycles. The lowest BCUT2D eigenvalue weighted by Crippen LogP contribution is -2.46. The Morgan fingerprint density at radius 1 is 1.20 bits per heavy atom. The summed E-state index contributed by atoms with van der Waals surface area (Å²) in [5.74, 6) is -0.306. The molecule has 4 atom stereocenters. The number of anilines is 1. The number of hydrogen-bond acceptors (Lipinski definition) is 7. The molecule has 9 nitrogen and oxygen atoms in total. The van der Waals surface area contributed by atoms with Crippen molar-refractivity contribution in [1.29, 1.82) is 0 Å². The van der Waals surface area contributed by atoms with Crippen molar-refractivity contribution >= 4 is 22.5 Å². The predicted molar refractivity (Wildman–Crippen MR) is 143 cm³/mol. The number of alkyl halides is 4. The molecule has 0 unspecified atom stereocenters. The molecule has 2 N–H and O–H groups in total. The molecule has 1 saturated heterocycles. The first-order valence-corrected chi connectivity index (χ1v) is 13.5. The highest BCUT2D eigenvalue weighted by Gasteiger charge is 2.44. The number of nitrogens with one attached hydrogen (secondary N) is 2. The second kappa shape index (κ2) is 10.8. The van der Waals surface area contributed by atoms with Crippen LogP contribution in [0.2, 0.25) is 0 Å². The number of amides is 1. The van der Waals surface area contributed by atoms with Crippen LogP contribution in [0, 0.1) is 5.92 Å². The standard InChI is InChI=1S/C28H29F4N7O2/c1-38-10-8-22(19(29)14-38)35-21-6-4-7-23-18(21)12-24(39(23)15-28(30,31)32)26-36-25(41-37-26)13-34-27(40)17-11-16(17)20-5-2-3-9-33-20/h2-7,9,12,16-17,19,22,35H,8,10-11,13-15H2,1H3,(H,34,40)/t16-,17-,19+,22-/m1/s1. The van der Waals surface area contributed by atoms with Gasteiger partial charge in [-0.1, -0.05) is 17.3 Å². The zero-order valence-electron chi connectivity index (χ0n) is 22.2. The van der Waals surface area contributed by atoms with E-state index in [1.165, 1.54) is 0 Å². The summed E-state index contributed by atoms with van der Waals surface area (Å²) in [4.78, 5) is 23.1. The number of carbonyl (C=O) groups excluding carboxylic acids is 1. The summed E-state index contributed by atoms with van der Waals surface area (Å²) >= 11 is 0. The molecule has 3 aromatic heterocycles. The minimum Gasteiger partial charge on any atom is -0.379 e. The SMILES string of the molecule is CN1CC[C@@H](Nc2cccc3c2cc(-c2noc(CNC(=O)[C@@H]4C[C@H]4c4ccccn4)n2)n3CC(F)(F)F)[C@@H](F)C1. The van der Waals surface area contributed by atoms with Crippen LogP contribution >= 0.6 is 0 Å². The van der Waals surface area contributed by atoms with Crippen LogP contribution in [0.25, 0.3) is 22.4 Å². The molecule has 4 aromatic rings. The predicted octanol–water partition coefficient (Wildman–Crippen LogP) is 4.52. The van der Waals surface area contributed by atoms with Crippen LogP contribution in [-0.2, 0) is 17.9 Å². The Morgan fingerprint density at radius 3 is 2.80 bits per heavy atom. The zero-order chi connectivity index (χ0) is 28.7. The number of likely N-dealkylation sites (tertiary alicyclic amines) is 1.